The molecule has 2 rings (SSSR count). The van der Waals surface area contributed by atoms with Gasteiger partial charge in [-0.3, -0.25) is 0 Å². The van der Waals surface area contributed by atoms with Crippen LogP contribution in [0.2, 0.25) is 5.02 Å². The Morgan fingerprint density at radius 1 is 1.50 bits per heavy atom. The third-order valence-electron chi connectivity index (χ3n) is 2.18. The molecule has 1 atom stereocenters. The molecule has 5 heteroatoms. The number of aliphatic hydroxyl groups excluding tert-OH is 1. The van der Waals surface area contributed by atoms with Crippen LogP contribution in [0, 0.1) is 0 Å². The molecule has 0 aliphatic carbocycles. The molecular formula is C11H10ClNO2S. The fraction of sp³-hybridized carbons (Fsp3) is 0.182. The van der Waals surface area contributed by atoms with Crippen molar-refractivity contribution in [3.05, 3.63) is 45.4 Å². The minimum absolute atomic E-state index is 0.526. The molecule has 1 aromatic carbocycles. The lowest BCUT2D eigenvalue weighted by atomic mass is 10.1. The molecule has 16 heavy (non-hydrogen) atoms. The van der Waals surface area contributed by atoms with Gasteiger partial charge in [0.15, 0.2) is 0 Å². The summed E-state index contributed by atoms with van der Waals surface area (Å²) in [5, 5.41) is 13.0. The van der Waals surface area contributed by atoms with Crippen molar-refractivity contribution < 1.29 is 9.84 Å². The number of rotatable bonds is 3. The Labute approximate surface area is 102 Å². The highest BCUT2D eigenvalue weighted by Gasteiger charge is 2.14. The second-order valence-electron chi connectivity index (χ2n) is 3.17. The van der Waals surface area contributed by atoms with E-state index in [0.717, 1.165) is 5.56 Å². The number of halogens is 1. The van der Waals surface area contributed by atoms with Crippen molar-refractivity contribution in [2.75, 3.05) is 7.11 Å². The molecule has 1 unspecified atom stereocenters. The molecule has 0 saturated heterocycles. The fourth-order valence-electron chi connectivity index (χ4n) is 1.36. The number of aliphatic hydroxyl groups is 1. The molecule has 0 aliphatic heterocycles. The molecule has 0 amide bonds. The minimum atomic E-state index is -0.730. The molecule has 3 nitrogen and oxygen atoms in total. The van der Waals surface area contributed by atoms with E-state index in [1.54, 1.807) is 31.5 Å². The zero-order valence-corrected chi connectivity index (χ0v) is 10.1. The van der Waals surface area contributed by atoms with Crippen molar-refractivity contribution in [1.82, 2.24) is 4.98 Å². The molecule has 0 bridgehead atoms. The zero-order chi connectivity index (χ0) is 11.5. The number of methoxy groups -OCH3 is 1. The normalized spacial score (nSPS) is 12.4. The maximum Gasteiger partial charge on any atom is 0.137 e. The van der Waals surface area contributed by atoms with Crippen LogP contribution in [0.25, 0.3) is 0 Å². The molecule has 0 aliphatic rings. The molecule has 0 saturated carbocycles. The molecule has 0 fully saturated rings. The first-order valence-corrected chi connectivity index (χ1v) is 5.89. The topological polar surface area (TPSA) is 42.4 Å². The first-order chi connectivity index (χ1) is 7.72. The first-order valence-electron chi connectivity index (χ1n) is 4.63. The summed E-state index contributed by atoms with van der Waals surface area (Å²) < 4.78 is 5.09. The Morgan fingerprint density at radius 3 is 2.94 bits per heavy atom. The van der Waals surface area contributed by atoms with Crippen LogP contribution in [0.3, 0.4) is 0 Å². The number of aromatic nitrogens is 1. The Hall–Kier alpha value is -1.10. The lowest BCUT2D eigenvalue weighted by Gasteiger charge is -2.10. The number of ether oxygens (including phenoxy) is 1. The fourth-order valence-corrected chi connectivity index (χ4v) is 2.20. The number of benzene rings is 1. The van der Waals surface area contributed by atoms with Gasteiger partial charge in [0.25, 0.3) is 0 Å². The Morgan fingerprint density at radius 2 is 2.31 bits per heavy atom. The van der Waals surface area contributed by atoms with E-state index in [-0.39, 0.29) is 0 Å². The third-order valence-corrected chi connectivity index (χ3v) is 3.32. The zero-order valence-electron chi connectivity index (χ0n) is 8.55. The van der Waals surface area contributed by atoms with Gasteiger partial charge in [-0.25, -0.2) is 4.98 Å². The van der Waals surface area contributed by atoms with Gasteiger partial charge in [-0.05, 0) is 17.7 Å². The predicted molar refractivity (Wildman–Crippen MR) is 64.2 cm³/mol. The number of nitrogens with zero attached hydrogens (tertiary/aromatic N) is 1. The summed E-state index contributed by atoms with van der Waals surface area (Å²) in [6.07, 6.45) is 0.933. The van der Waals surface area contributed by atoms with Gasteiger partial charge in [0.2, 0.25) is 0 Å². The van der Waals surface area contributed by atoms with Crippen LogP contribution in [0.15, 0.2) is 29.8 Å². The highest BCUT2D eigenvalue weighted by atomic mass is 35.5. The molecule has 1 N–H and O–H groups in total. The Bertz CT molecular complexity index is 473. The van der Waals surface area contributed by atoms with E-state index < -0.39 is 6.10 Å². The standard InChI is InChI=1S/C11H10ClNO2S/c1-15-9-6-7(2-3-8(9)12)10(14)11-13-4-5-16-11/h2-6,10,14H,1H3. The molecule has 1 heterocycles. The van der Waals surface area contributed by atoms with Crippen molar-refractivity contribution in [3.63, 3.8) is 0 Å². The largest absolute Gasteiger partial charge is 0.495 e. The van der Waals surface area contributed by atoms with Crippen LogP contribution in [-0.2, 0) is 0 Å². The molecule has 0 radical (unpaired) electrons. The monoisotopic (exact) mass is 255 g/mol. The molecule has 0 spiro atoms. The lowest BCUT2D eigenvalue weighted by Crippen LogP contribution is -1.99. The first kappa shape index (κ1) is 11.4. The number of thiazole rings is 1. The van der Waals surface area contributed by atoms with E-state index in [4.69, 9.17) is 16.3 Å². The van der Waals surface area contributed by atoms with Crippen LogP contribution >= 0.6 is 22.9 Å². The van der Waals surface area contributed by atoms with Crippen molar-refractivity contribution in [2.24, 2.45) is 0 Å². The smallest absolute Gasteiger partial charge is 0.137 e. The second kappa shape index (κ2) is 4.82. The van der Waals surface area contributed by atoms with E-state index in [1.807, 2.05) is 5.38 Å². The van der Waals surface area contributed by atoms with Crippen LogP contribution in [0.5, 0.6) is 5.75 Å². The molecule has 1 aromatic heterocycles. The van der Waals surface area contributed by atoms with E-state index >= 15 is 0 Å². The van der Waals surface area contributed by atoms with E-state index in [2.05, 4.69) is 4.98 Å². The van der Waals surface area contributed by atoms with Crippen molar-refractivity contribution in [3.8, 4) is 5.75 Å². The van der Waals surface area contributed by atoms with E-state index in [1.165, 1.54) is 11.3 Å². The van der Waals surface area contributed by atoms with E-state index in [9.17, 15) is 5.11 Å². The van der Waals surface area contributed by atoms with E-state index in [0.29, 0.717) is 15.8 Å². The second-order valence-corrected chi connectivity index (χ2v) is 4.50. The number of hydrogen-bond donors (Lipinski definition) is 1. The Kier molecular flexibility index (Phi) is 3.43. The summed E-state index contributed by atoms with van der Waals surface area (Å²) in [5.74, 6) is 0.551. The Balaban J connectivity index is 2.34. The summed E-state index contributed by atoms with van der Waals surface area (Å²) in [4.78, 5) is 4.07. The van der Waals surface area contributed by atoms with Crippen LogP contribution in [-0.4, -0.2) is 17.2 Å². The summed E-state index contributed by atoms with van der Waals surface area (Å²) >= 11 is 7.31. The van der Waals surface area contributed by atoms with Crippen LogP contribution in [0.1, 0.15) is 16.7 Å². The van der Waals surface area contributed by atoms with Gasteiger partial charge in [-0.1, -0.05) is 17.7 Å². The minimum Gasteiger partial charge on any atom is -0.495 e. The van der Waals surface area contributed by atoms with Gasteiger partial charge in [0.05, 0.1) is 12.1 Å². The average molecular weight is 256 g/mol. The molecule has 2 aromatic rings. The van der Waals surface area contributed by atoms with Crippen LogP contribution < -0.4 is 4.74 Å². The highest BCUT2D eigenvalue weighted by molar-refractivity contribution is 7.09. The lowest BCUT2D eigenvalue weighted by molar-refractivity contribution is 0.219. The van der Waals surface area contributed by atoms with Crippen molar-refractivity contribution in [2.45, 2.75) is 6.10 Å². The average Bonchev–Trinajstić information content (AvgIpc) is 2.82. The van der Waals surface area contributed by atoms with Crippen LogP contribution in [0.4, 0.5) is 0 Å². The summed E-state index contributed by atoms with van der Waals surface area (Å²) in [6.45, 7) is 0. The molecular weight excluding hydrogens is 246 g/mol. The third kappa shape index (κ3) is 2.19. The van der Waals surface area contributed by atoms with Gasteiger partial charge in [0.1, 0.15) is 16.9 Å². The van der Waals surface area contributed by atoms with Crippen molar-refractivity contribution >= 4 is 22.9 Å². The maximum atomic E-state index is 10.0. The summed E-state index contributed by atoms with van der Waals surface area (Å²) in [5.41, 5.74) is 0.719. The van der Waals surface area contributed by atoms with Crippen molar-refractivity contribution in [1.29, 1.82) is 0 Å². The summed E-state index contributed by atoms with van der Waals surface area (Å²) in [6, 6.07) is 5.18. The predicted octanol–water partition coefficient (Wildman–Crippen LogP) is 2.89. The van der Waals surface area contributed by atoms with Gasteiger partial charge in [0, 0.05) is 11.6 Å². The van der Waals surface area contributed by atoms with Gasteiger partial charge in [-0.2, -0.15) is 0 Å². The summed E-state index contributed by atoms with van der Waals surface area (Å²) in [7, 11) is 1.54. The maximum absolute atomic E-state index is 10.0. The van der Waals surface area contributed by atoms with Gasteiger partial charge in [-0.15, -0.1) is 11.3 Å². The number of hydrogen-bond acceptors (Lipinski definition) is 4. The quantitative estimate of drug-likeness (QED) is 0.917. The van der Waals surface area contributed by atoms with Gasteiger partial charge < -0.3 is 9.84 Å². The molecule has 84 valence electrons. The SMILES string of the molecule is COc1cc(C(O)c2nccs2)ccc1Cl. The highest BCUT2D eigenvalue weighted by Crippen LogP contribution is 2.30. The van der Waals surface area contributed by atoms with Gasteiger partial charge >= 0.3 is 0 Å².